The minimum absolute atomic E-state index is 0.0358. The van der Waals surface area contributed by atoms with E-state index in [9.17, 15) is 4.79 Å². The molecule has 0 atom stereocenters. The van der Waals surface area contributed by atoms with Crippen LogP contribution in [-0.2, 0) is 4.79 Å². The van der Waals surface area contributed by atoms with Crippen molar-refractivity contribution in [2.24, 2.45) is 0 Å². The summed E-state index contributed by atoms with van der Waals surface area (Å²) in [5, 5.41) is 3.04. The molecule has 2 nitrogen and oxygen atoms in total. The maximum Gasteiger partial charge on any atom is 0.234 e. The molecular formula is C18H20INOS. The molecule has 0 saturated heterocycles. The first-order chi connectivity index (χ1) is 10.5. The molecule has 0 spiro atoms. The third kappa shape index (κ3) is 5.02. The van der Waals surface area contributed by atoms with Crippen molar-refractivity contribution in [1.82, 2.24) is 0 Å². The fourth-order valence-electron chi connectivity index (χ4n) is 2.09. The van der Waals surface area contributed by atoms with Crippen molar-refractivity contribution < 1.29 is 4.79 Å². The lowest BCUT2D eigenvalue weighted by atomic mass is 10.0. The molecule has 22 heavy (non-hydrogen) atoms. The molecule has 1 amide bonds. The van der Waals surface area contributed by atoms with Crippen molar-refractivity contribution in [3.05, 3.63) is 57.2 Å². The van der Waals surface area contributed by atoms with Crippen molar-refractivity contribution in [3.8, 4) is 0 Å². The van der Waals surface area contributed by atoms with Crippen LogP contribution in [0.15, 0.2) is 47.4 Å². The van der Waals surface area contributed by atoms with Gasteiger partial charge in [-0.15, -0.1) is 11.8 Å². The van der Waals surface area contributed by atoms with Gasteiger partial charge in [0.1, 0.15) is 0 Å². The van der Waals surface area contributed by atoms with E-state index in [-0.39, 0.29) is 5.91 Å². The number of nitrogens with one attached hydrogen (secondary N) is 1. The lowest BCUT2D eigenvalue weighted by Gasteiger charge is -2.14. The van der Waals surface area contributed by atoms with Gasteiger partial charge in [0, 0.05) is 14.2 Å². The molecule has 1 N–H and O–H groups in total. The molecule has 0 heterocycles. The van der Waals surface area contributed by atoms with Gasteiger partial charge in [-0.2, -0.15) is 0 Å². The van der Waals surface area contributed by atoms with Crippen LogP contribution in [0.5, 0.6) is 0 Å². The third-order valence-electron chi connectivity index (χ3n) is 3.30. The Labute approximate surface area is 150 Å². The molecule has 0 aliphatic carbocycles. The first-order valence-electron chi connectivity index (χ1n) is 7.24. The smallest absolute Gasteiger partial charge is 0.234 e. The van der Waals surface area contributed by atoms with Crippen LogP contribution in [-0.4, -0.2) is 11.7 Å². The van der Waals surface area contributed by atoms with Crippen molar-refractivity contribution in [3.63, 3.8) is 0 Å². The number of anilines is 1. The van der Waals surface area contributed by atoms with Gasteiger partial charge < -0.3 is 5.32 Å². The Balaban J connectivity index is 1.99. The number of rotatable bonds is 5. The Morgan fingerprint density at radius 3 is 2.50 bits per heavy atom. The SMILES string of the molecule is Cc1ccc(SCC(=O)Nc2ccc(I)cc2C(C)C)cc1. The summed E-state index contributed by atoms with van der Waals surface area (Å²) in [6.45, 7) is 6.34. The molecule has 0 aromatic heterocycles. The van der Waals surface area contributed by atoms with E-state index in [1.54, 1.807) is 11.8 Å². The van der Waals surface area contributed by atoms with Crippen LogP contribution < -0.4 is 5.32 Å². The van der Waals surface area contributed by atoms with Gasteiger partial charge in [0.2, 0.25) is 5.91 Å². The second-order valence-corrected chi connectivity index (χ2v) is 7.83. The van der Waals surface area contributed by atoms with Crippen molar-refractivity contribution in [2.75, 3.05) is 11.1 Å². The average Bonchev–Trinajstić information content (AvgIpc) is 2.48. The molecule has 2 aromatic rings. The van der Waals surface area contributed by atoms with Crippen LogP contribution in [0.25, 0.3) is 0 Å². The third-order valence-corrected chi connectivity index (χ3v) is 4.98. The number of aryl methyl sites for hydroxylation is 1. The van der Waals surface area contributed by atoms with Crippen LogP contribution in [0, 0.1) is 10.5 Å². The van der Waals surface area contributed by atoms with Crippen LogP contribution >= 0.6 is 34.4 Å². The highest BCUT2D eigenvalue weighted by atomic mass is 127. The second-order valence-electron chi connectivity index (χ2n) is 5.54. The molecule has 0 aliphatic rings. The minimum atomic E-state index is 0.0358. The zero-order valence-electron chi connectivity index (χ0n) is 13.0. The van der Waals surface area contributed by atoms with Gasteiger partial charge >= 0.3 is 0 Å². The largest absolute Gasteiger partial charge is 0.325 e. The maximum atomic E-state index is 12.2. The van der Waals surface area contributed by atoms with Gasteiger partial charge in [-0.3, -0.25) is 4.79 Å². The highest BCUT2D eigenvalue weighted by Gasteiger charge is 2.10. The molecule has 0 aliphatic heterocycles. The van der Waals surface area contributed by atoms with Crippen LogP contribution in [0.2, 0.25) is 0 Å². The minimum Gasteiger partial charge on any atom is -0.325 e. The second kappa shape index (κ2) is 8.02. The lowest BCUT2D eigenvalue weighted by Crippen LogP contribution is -2.15. The number of hydrogen-bond donors (Lipinski definition) is 1. The van der Waals surface area contributed by atoms with E-state index in [0.29, 0.717) is 11.7 Å². The van der Waals surface area contributed by atoms with Crippen LogP contribution in [0.4, 0.5) is 5.69 Å². The summed E-state index contributed by atoms with van der Waals surface area (Å²) < 4.78 is 1.19. The molecule has 116 valence electrons. The zero-order valence-corrected chi connectivity index (χ0v) is 16.0. The van der Waals surface area contributed by atoms with E-state index in [2.05, 4.69) is 79.0 Å². The van der Waals surface area contributed by atoms with E-state index >= 15 is 0 Å². The first-order valence-corrected chi connectivity index (χ1v) is 9.31. The van der Waals surface area contributed by atoms with Gasteiger partial charge in [0.15, 0.2) is 0 Å². The van der Waals surface area contributed by atoms with Gasteiger partial charge in [-0.05, 0) is 71.3 Å². The normalized spacial score (nSPS) is 10.8. The molecule has 0 fully saturated rings. The predicted molar refractivity (Wildman–Crippen MR) is 104 cm³/mol. The Kier molecular flexibility index (Phi) is 6.32. The number of thioether (sulfide) groups is 1. The highest BCUT2D eigenvalue weighted by Crippen LogP contribution is 2.27. The van der Waals surface area contributed by atoms with Crippen LogP contribution in [0.1, 0.15) is 30.9 Å². The predicted octanol–water partition coefficient (Wildman–Crippen LogP) is 5.45. The standard InChI is InChI=1S/C18H20INOS/c1-12(2)16-10-14(19)6-9-17(16)20-18(21)11-22-15-7-4-13(3)5-8-15/h4-10,12H,11H2,1-3H3,(H,20,21). The number of carbonyl (C=O) groups is 1. The summed E-state index contributed by atoms with van der Waals surface area (Å²) in [4.78, 5) is 13.3. The summed E-state index contributed by atoms with van der Waals surface area (Å²) in [5.41, 5.74) is 3.33. The van der Waals surface area contributed by atoms with Gasteiger partial charge in [0.05, 0.1) is 5.75 Å². The van der Waals surface area contributed by atoms with E-state index < -0.39 is 0 Å². The molecule has 0 bridgehead atoms. The van der Waals surface area contributed by atoms with Crippen molar-refractivity contribution in [2.45, 2.75) is 31.6 Å². The molecule has 4 heteroatoms. The Bertz CT molecular complexity index is 653. The zero-order chi connectivity index (χ0) is 16.1. The van der Waals surface area contributed by atoms with Gasteiger partial charge in [0.25, 0.3) is 0 Å². The average molecular weight is 425 g/mol. The summed E-state index contributed by atoms with van der Waals surface area (Å²) >= 11 is 3.86. The topological polar surface area (TPSA) is 29.1 Å². The van der Waals surface area contributed by atoms with Crippen LogP contribution in [0.3, 0.4) is 0 Å². The molecule has 2 aromatic carbocycles. The maximum absolute atomic E-state index is 12.2. The monoisotopic (exact) mass is 425 g/mol. The fourth-order valence-corrected chi connectivity index (χ4v) is 3.31. The van der Waals surface area contributed by atoms with Gasteiger partial charge in [-0.1, -0.05) is 31.5 Å². The van der Waals surface area contributed by atoms with Crippen molar-refractivity contribution in [1.29, 1.82) is 0 Å². The molecule has 0 unspecified atom stereocenters. The lowest BCUT2D eigenvalue weighted by molar-refractivity contribution is -0.113. The Hall–Kier alpha value is -1.01. The highest BCUT2D eigenvalue weighted by molar-refractivity contribution is 14.1. The molecular weight excluding hydrogens is 405 g/mol. The summed E-state index contributed by atoms with van der Waals surface area (Å²) in [6.07, 6.45) is 0. The number of amides is 1. The summed E-state index contributed by atoms with van der Waals surface area (Å²) in [5.74, 6) is 0.843. The van der Waals surface area contributed by atoms with Gasteiger partial charge in [-0.25, -0.2) is 0 Å². The number of hydrogen-bond acceptors (Lipinski definition) is 2. The number of halogens is 1. The van der Waals surface area contributed by atoms with E-state index in [4.69, 9.17) is 0 Å². The molecule has 0 saturated carbocycles. The first kappa shape index (κ1) is 17.3. The summed E-state index contributed by atoms with van der Waals surface area (Å²) in [7, 11) is 0. The Morgan fingerprint density at radius 2 is 1.86 bits per heavy atom. The van der Waals surface area contributed by atoms with Crippen molar-refractivity contribution >= 4 is 45.9 Å². The fraction of sp³-hybridized carbons (Fsp3) is 0.278. The quantitative estimate of drug-likeness (QED) is 0.510. The van der Waals surface area contributed by atoms with E-state index in [1.807, 2.05) is 12.1 Å². The van der Waals surface area contributed by atoms with E-state index in [1.165, 1.54) is 14.7 Å². The van der Waals surface area contributed by atoms with E-state index in [0.717, 1.165) is 10.6 Å². The summed E-state index contributed by atoms with van der Waals surface area (Å²) in [6, 6.07) is 14.4. The molecule has 0 radical (unpaired) electrons. The Morgan fingerprint density at radius 1 is 1.18 bits per heavy atom. The number of carbonyl (C=O) groups excluding carboxylic acids is 1. The number of benzene rings is 2. The molecule has 2 rings (SSSR count).